The fraction of sp³-hybridized carbons (Fsp3) is 0.400. The number of hydrogen-bond donors (Lipinski definition) is 1. The van der Waals surface area contributed by atoms with Crippen molar-refractivity contribution in [2.24, 2.45) is 0 Å². The first-order valence-electron chi connectivity index (χ1n) is 11.7. The number of nitrogens with one attached hydrogen (secondary N) is 1. The molecule has 3 rings (SSSR count). The molecule has 36 heavy (non-hydrogen) atoms. The minimum Gasteiger partial charge on any atom is -0.352 e. The lowest BCUT2D eigenvalue weighted by Crippen LogP contribution is -2.50. The van der Waals surface area contributed by atoms with E-state index in [2.05, 4.69) is 5.32 Å². The fourth-order valence-electron chi connectivity index (χ4n) is 4.10. The second-order valence-corrected chi connectivity index (χ2v) is 11.5. The number of sulfonamides is 1. The topological polar surface area (TPSA) is 104 Å². The third kappa shape index (κ3) is 6.02. The second kappa shape index (κ2) is 11.6. The van der Waals surface area contributed by atoms with Gasteiger partial charge < -0.3 is 10.2 Å². The Morgan fingerprint density at radius 1 is 1.08 bits per heavy atom. The van der Waals surface area contributed by atoms with Gasteiger partial charge in [0.15, 0.2) is 0 Å². The highest BCUT2D eigenvalue weighted by atomic mass is 35.5. The molecule has 2 aromatic carbocycles. The Morgan fingerprint density at radius 3 is 2.39 bits per heavy atom. The lowest BCUT2D eigenvalue weighted by molar-refractivity contribution is -0.141. The zero-order valence-corrected chi connectivity index (χ0v) is 22.7. The van der Waals surface area contributed by atoms with E-state index in [-0.39, 0.29) is 54.2 Å². The summed E-state index contributed by atoms with van der Waals surface area (Å²) in [4.78, 5) is 40.3. The number of carbonyl (C=O) groups excluding carboxylic acids is 3. The number of fused-ring (bicyclic) bond motifs is 1. The van der Waals surface area contributed by atoms with Gasteiger partial charge in [0.05, 0.1) is 15.6 Å². The lowest BCUT2D eigenvalue weighted by atomic mass is 10.1. The van der Waals surface area contributed by atoms with Gasteiger partial charge in [-0.1, -0.05) is 48.3 Å². The van der Waals surface area contributed by atoms with Crippen molar-refractivity contribution in [3.8, 4) is 0 Å². The highest BCUT2D eigenvalue weighted by Gasteiger charge is 2.40. The molecule has 0 fully saturated rings. The molecule has 0 radical (unpaired) electrons. The van der Waals surface area contributed by atoms with Crippen LogP contribution >= 0.6 is 23.2 Å². The SMILES string of the molecule is CCC(C(=O)NC(C)C)N(Cc1ccc(Cl)c(Cl)c1)C(=O)CCCN1C(=O)c2ccccc2S1(=O)=O. The number of carbonyl (C=O) groups is 3. The first-order chi connectivity index (χ1) is 17.0. The van der Waals surface area contributed by atoms with Crippen LogP contribution in [-0.2, 0) is 26.2 Å². The number of hydrogen-bond acceptors (Lipinski definition) is 5. The van der Waals surface area contributed by atoms with Crippen molar-refractivity contribution in [3.63, 3.8) is 0 Å². The lowest BCUT2D eigenvalue weighted by Gasteiger charge is -2.31. The molecule has 3 amide bonds. The predicted molar refractivity (Wildman–Crippen MR) is 138 cm³/mol. The van der Waals surface area contributed by atoms with Gasteiger partial charge in [-0.3, -0.25) is 14.4 Å². The second-order valence-electron chi connectivity index (χ2n) is 8.84. The van der Waals surface area contributed by atoms with Crippen molar-refractivity contribution in [2.75, 3.05) is 6.54 Å². The molecule has 1 aliphatic heterocycles. The van der Waals surface area contributed by atoms with Crippen LogP contribution in [0, 0.1) is 0 Å². The van der Waals surface area contributed by atoms with Gasteiger partial charge in [-0.25, -0.2) is 12.7 Å². The molecule has 194 valence electrons. The number of benzene rings is 2. The molecule has 1 N–H and O–H groups in total. The monoisotopic (exact) mass is 553 g/mol. The first kappa shape index (κ1) is 28.0. The normalized spacial score (nSPS) is 15.1. The first-order valence-corrected chi connectivity index (χ1v) is 13.9. The van der Waals surface area contributed by atoms with E-state index in [1.54, 1.807) is 30.3 Å². The van der Waals surface area contributed by atoms with E-state index in [0.29, 0.717) is 22.0 Å². The predicted octanol–water partition coefficient (Wildman–Crippen LogP) is 4.25. The van der Waals surface area contributed by atoms with E-state index in [0.717, 1.165) is 4.31 Å². The van der Waals surface area contributed by atoms with Gasteiger partial charge in [-0.2, -0.15) is 0 Å². The Labute approximate surface area is 221 Å². The average Bonchev–Trinajstić information content (AvgIpc) is 3.01. The Bertz CT molecular complexity index is 1270. The highest BCUT2D eigenvalue weighted by molar-refractivity contribution is 7.90. The molecule has 1 atom stereocenters. The van der Waals surface area contributed by atoms with Crippen LogP contribution in [0.25, 0.3) is 0 Å². The summed E-state index contributed by atoms with van der Waals surface area (Å²) in [6.07, 6.45) is 0.431. The third-order valence-corrected chi connectivity index (χ3v) is 8.40. The molecule has 0 saturated carbocycles. The van der Waals surface area contributed by atoms with Gasteiger partial charge in [0.2, 0.25) is 11.8 Å². The molecule has 0 aromatic heterocycles. The molecule has 1 heterocycles. The molecule has 11 heteroatoms. The summed E-state index contributed by atoms with van der Waals surface area (Å²) in [6.45, 7) is 5.46. The average molecular weight is 554 g/mol. The van der Waals surface area contributed by atoms with Crippen molar-refractivity contribution < 1.29 is 22.8 Å². The van der Waals surface area contributed by atoms with E-state index < -0.39 is 22.0 Å². The van der Waals surface area contributed by atoms with Gasteiger partial charge in [0.25, 0.3) is 15.9 Å². The summed E-state index contributed by atoms with van der Waals surface area (Å²) >= 11 is 12.2. The van der Waals surface area contributed by atoms with Crippen molar-refractivity contribution in [3.05, 3.63) is 63.6 Å². The van der Waals surface area contributed by atoms with Crippen molar-refractivity contribution >= 4 is 50.9 Å². The van der Waals surface area contributed by atoms with Crippen molar-refractivity contribution in [1.82, 2.24) is 14.5 Å². The van der Waals surface area contributed by atoms with Crippen LogP contribution in [0.4, 0.5) is 0 Å². The maximum absolute atomic E-state index is 13.4. The molecule has 1 unspecified atom stereocenters. The minimum absolute atomic E-state index is 0.0287. The fourth-order valence-corrected chi connectivity index (χ4v) is 6.03. The van der Waals surface area contributed by atoms with E-state index in [1.807, 2.05) is 20.8 Å². The summed E-state index contributed by atoms with van der Waals surface area (Å²) in [6, 6.07) is 10.2. The van der Waals surface area contributed by atoms with Crippen molar-refractivity contribution in [1.29, 1.82) is 0 Å². The zero-order valence-electron chi connectivity index (χ0n) is 20.3. The quantitative estimate of drug-likeness (QED) is 0.473. The molecular formula is C25H29Cl2N3O5S. The summed E-state index contributed by atoms with van der Waals surface area (Å²) in [5.74, 6) is -1.23. The molecule has 0 bridgehead atoms. The van der Waals surface area contributed by atoms with Crippen molar-refractivity contribution in [2.45, 2.75) is 63.6 Å². The third-order valence-electron chi connectivity index (χ3n) is 5.82. The molecule has 8 nitrogen and oxygen atoms in total. The maximum Gasteiger partial charge on any atom is 0.269 e. The smallest absolute Gasteiger partial charge is 0.269 e. The zero-order chi connectivity index (χ0) is 26.6. The van der Waals surface area contributed by atoms with E-state index in [4.69, 9.17) is 23.2 Å². The van der Waals surface area contributed by atoms with Crippen LogP contribution in [-0.4, -0.2) is 54.0 Å². The van der Waals surface area contributed by atoms with Gasteiger partial charge in [-0.15, -0.1) is 0 Å². The van der Waals surface area contributed by atoms with Gasteiger partial charge in [-0.05, 0) is 56.5 Å². The van der Waals surface area contributed by atoms with Crippen LogP contribution < -0.4 is 5.32 Å². The minimum atomic E-state index is -3.95. The Hall–Kier alpha value is -2.62. The van der Waals surface area contributed by atoms with Crippen LogP contribution in [0.1, 0.15) is 56.0 Å². The van der Waals surface area contributed by atoms with E-state index in [1.165, 1.54) is 17.0 Å². The number of nitrogens with zero attached hydrogens (tertiary/aromatic N) is 2. The molecule has 0 spiro atoms. The van der Waals surface area contributed by atoms with E-state index in [9.17, 15) is 22.8 Å². The maximum atomic E-state index is 13.4. The van der Waals surface area contributed by atoms with Gasteiger partial charge in [0.1, 0.15) is 10.9 Å². The summed E-state index contributed by atoms with van der Waals surface area (Å²) in [7, 11) is -3.95. The van der Waals surface area contributed by atoms with Crippen LogP contribution in [0.3, 0.4) is 0 Å². The number of amides is 3. The molecule has 2 aromatic rings. The Morgan fingerprint density at radius 2 is 1.78 bits per heavy atom. The molecule has 0 aliphatic carbocycles. The van der Waals surface area contributed by atoms with Crippen LogP contribution in [0.5, 0.6) is 0 Å². The molecule has 0 saturated heterocycles. The number of halogens is 2. The highest BCUT2D eigenvalue weighted by Crippen LogP contribution is 2.30. The Balaban J connectivity index is 1.77. The standard InChI is InChI=1S/C25H29Cl2N3O5S/c1-4-21(24(32)28-16(2)3)29(15-17-11-12-19(26)20(27)14-17)23(31)10-7-13-30-25(33)18-8-5-6-9-22(18)36(30,34)35/h5-6,8-9,11-12,14,16,21H,4,7,10,13,15H2,1-3H3,(H,28,32). The van der Waals surface area contributed by atoms with Gasteiger partial charge >= 0.3 is 0 Å². The summed E-state index contributed by atoms with van der Waals surface area (Å²) < 4.78 is 26.4. The largest absolute Gasteiger partial charge is 0.352 e. The van der Waals surface area contributed by atoms with E-state index >= 15 is 0 Å². The number of rotatable bonds is 10. The van der Waals surface area contributed by atoms with Gasteiger partial charge in [0, 0.05) is 25.6 Å². The molecule has 1 aliphatic rings. The summed E-state index contributed by atoms with van der Waals surface area (Å²) in [5.41, 5.74) is 0.822. The summed E-state index contributed by atoms with van der Waals surface area (Å²) in [5, 5.41) is 3.56. The van der Waals surface area contributed by atoms with Crippen LogP contribution in [0.15, 0.2) is 47.4 Å². The Kier molecular flexibility index (Phi) is 9.03. The molecular weight excluding hydrogens is 525 g/mol. The van der Waals surface area contributed by atoms with Crippen LogP contribution in [0.2, 0.25) is 10.0 Å².